The Morgan fingerprint density at radius 3 is 2.65 bits per heavy atom. The summed E-state index contributed by atoms with van der Waals surface area (Å²) in [6, 6.07) is 6.59. The summed E-state index contributed by atoms with van der Waals surface area (Å²) in [4.78, 5) is 24.1. The van der Waals surface area contributed by atoms with Gasteiger partial charge in [0.05, 0.1) is 12.1 Å². The fourth-order valence-electron chi connectivity index (χ4n) is 1.84. The largest absolute Gasteiger partial charge is 0.478 e. The van der Waals surface area contributed by atoms with E-state index in [1.165, 1.54) is 0 Å². The minimum atomic E-state index is -0.940. The Morgan fingerprint density at radius 1 is 1.29 bits per heavy atom. The second kappa shape index (κ2) is 4.86. The van der Waals surface area contributed by atoms with E-state index in [1.807, 2.05) is 4.90 Å². The van der Waals surface area contributed by atoms with E-state index in [-0.39, 0.29) is 11.5 Å². The molecule has 0 atom stereocenters. The van der Waals surface area contributed by atoms with Gasteiger partial charge in [-0.05, 0) is 30.7 Å². The number of amides is 1. The molecule has 5 heteroatoms. The molecule has 1 fully saturated rings. The predicted octanol–water partition coefficient (Wildman–Crippen LogP) is 0.711. The van der Waals surface area contributed by atoms with Gasteiger partial charge in [0, 0.05) is 18.8 Å². The van der Waals surface area contributed by atoms with Crippen molar-refractivity contribution in [3.8, 4) is 0 Å². The maximum atomic E-state index is 11.4. The van der Waals surface area contributed by atoms with Crippen molar-refractivity contribution >= 4 is 17.6 Å². The summed E-state index contributed by atoms with van der Waals surface area (Å²) in [5.74, 6) is -0.935. The van der Waals surface area contributed by atoms with Crippen molar-refractivity contribution in [1.29, 1.82) is 0 Å². The van der Waals surface area contributed by atoms with E-state index >= 15 is 0 Å². The van der Waals surface area contributed by atoms with E-state index < -0.39 is 5.97 Å². The molecule has 1 aromatic carbocycles. The number of carboxylic acid groups (broad SMARTS) is 1. The normalized spacial score (nSPS) is 16.2. The molecule has 2 N–H and O–H groups in total. The topological polar surface area (TPSA) is 69.6 Å². The lowest BCUT2D eigenvalue weighted by molar-refractivity contribution is -0.119. The standard InChI is InChI=1S/C12H14N2O3/c15-11-8-14(7-1-6-13-11)10-4-2-9(3-5-10)12(16)17/h2-5H,1,6-8H2,(H,13,15)(H,16,17). The van der Waals surface area contributed by atoms with Crippen LogP contribution in [0.3, 0.4) is 0 Å². The molecule has 90 valence electrons. The number of aromatic carboxylic acids is 1. The van der Waals surface area contributed by atoms with E-state index in [9.17, 15) is 9.59 Å². The fraction of sp³-hybridized carbons (Fsp3) is 0.333. The Hall–Kier alpha value is -2.04. The lowest BCUT2D eigenvalue weighted by atomic mass is 10.2. The highest BCUT2D eigenvalue weighted by Crippen LogP contribution is 2.16. The summed E-state index contributed by atoms with van der Waals surface area (Å²) >= 11 is 0. The maximum absolute atomic E-state index is 11.4. The minimum absolute atomic E-state index is 0.00445. The van der Waals surface area contributed by atoms with E-state index in [2.05, 4.69) is 5.32 Å². The first-order valence-corrected chi connectivity index (χ1v) is 5.52. The second-order valence-electron chi connectivity index (χ2n) is 3.98. The molecule has 17 heavy (non-hydrogen) atoms. The summed E-state index contributed by atoms with van der Waals surface area (Å²) < 4.78 is 0. The molecule has 5 nitrogen and oxygen atoms in total. The van der Waals surface area contributed by atoms with E-state index in [0.29, 0.717) is 13.1 Å². The molecule has 1 amide bonds. The van der Waals surface area contributed by atoms with Gasteiger partial charge in [-0.3, -0.25) is 4.79 Å². The molecule has 1 saturated heterocycles. The van der Waals surface area contributed by atoms with Crippen molar-refractivity contribution in [2.75, 3.05) is 24.5 Å². The van der Waals surface area contributed by atoms with Crippen LogP contribution < -0.4 is 10.2 Å². The molecule has 1 aliphatic heterocycles. The molecule has 1 aromatic rings. The van der Waals surface area contributed by atoms with Crippen molar-refractivity contribution in [1.82, 2.24) is 5.32 Å². The first kappa shape index (κ1) is 11.4. The van der Waals surface area contributed by atoms with Gasteiger partial charge in [0.25, 0.3) is 0 Å². The molecule has 0 spiro atoms. The highest BCUT2D eigenvalue weighted by atomic mass is 16.4. The van der Waals surface area contributed by atoms with Gasteiger partial charge in [-0.25, -0.2) is 4.79 Å². The van der Waals surface area contributed by atoms with Crippen LogP contribution in [0.25, 0.3) is 0 Å². The highest BCUT2D eigenvalue weighted by molar-refractivity contribution is 5.88. The molecular weight excluding hydrogens is 220 g/mol. The highest BCUT2D eigenvalue weighted by Gasteiger charge is 2.15. The summed E-state index contributed by atoms with van der Waals surface area (Å²) in [7, 11) is 0. The number of anilines is 1. The number of benzene rings is 1. The van der Waals surface area contributed by atoms with Crippen molar-refractivity contribution in [2.24, 2.45) is 0 Å². The van der Waals surface area contributed by atoms with Crippen LogP contribution in [0, 0.1) is 0 Å². The maximum Gasteiger partial charge on any atom is 0.335 e. The summed E-state index contributed by atoms with van der Waals surface area (Å²) in [6.45, 7) is 1.82. The number of nitrogens with one attached hydrogen (secondary N) is 1. The van der Waals surface area contributed by atoms with Crippen LogP contribution >= 0.6 is 0 Å². The zero-order valence-corrected chi connectivity index (χ0v) is 9.35. The van der Waals surface area contributed by atoms with Crippen molar-refractivity contribution in [3.05, 3.63) is 29.8 Å². The Labute approximate surface area is 99.0 Å². The van der Waals surface area contributed by atoms with Crippen molar-refractivity contribution < 1.29 is 14.7 Å². The number of rotatable bonds is 2. The third-order valence-corrected chi connectivity index (χ3v) is 2.74. The van der Waals surface area contributed by atoms with E-state index in [1.54, 1.807) is 24.3 Å². The number of hydrogen-bond acceptors (Lipinski definition) is 3. The van der Waals surface area contributed by atoms with E-state index in [0.717, 1.165) is 18.7 Å². The van der Waals surface area contributed by atoms with Gasteiger partial charge in [-0.15, -0.1) is 0 Å². The second-order valence-corrected chi connectivity index (χ2v) is 3.98. The lowest BCUT2D eigenvalue weighted by Crippen LogP contribution is -2.32. The lowest BCUT2D eigenvalue weighted by Gasteiger charge is -2.21. The molecule has 0 bridgehead atoms. The Bertz CT molecular complexity index is 428. The summed E-state index contributed by atoms with van der Waals surface area (Å²) in [5, 5.41) is 11.6. The predicted molar refractivity (Wildman–Crippen MR) is 63.2 cm³/mol. The minimum Gasteiger partial charge on any atom is -0.478 e. The fourth-order valence-corrected chi connectivity index (χ4v) is 1.84. The van der Waals surface area contributed by atoms with Gasteiger partial charge in [0.1, 0.15) is 0 Å². The van der Waals surface area contributed by atoms with Crippen LogP contribution in [-0.4, -0.2) is 36.6 Å². The number of carbonyl (C=O) groups excluding carboxylic acids is 1. The van der Waals surface area contributed by atoms with Gasteiger partial charge in [0.2, 0.25) is 5.91 Å². The van der Waals surface area contributed by atoms with Gasteiger partial charge >= 0.3 is 5.97 Å². The molecule has 2 rings (SSSR count). The summed E-state index contributed by atoms with van der Waals surface area (Å²) in [5.41, 5.74) is 1.14. The number of carboxylic acids is 1. The molecule has 0 aliphatic carbocycles. The molecular formula is C12H14N2O3. The molecule has 0 unspecified atom stereocenters. The first-order valence-electron chi connectivity index (χ1n) is 5.52. The zero-order valence-electron chi connectivity index (χ0n) is 9.35. The molecule has 1 aliphatic rings. The average molecular weight is 234 g/mol. The van der Waals surface area contributed by atoms with Crippen LogP contribution in [0.1, 0.15) is 16.8 Å². The van der Waals surface area contributed by atoms with Crippen LogP contribution in [0.4, 0.5) is 5.69 Å². The molecule has 0 aromatic heterocycles. The van der Waals surface area contributed by atoms with Gasteiger partial charge in [0.15, 0.2) is 0 Å². The third-order valence-electron chi connectivity index (χ3n) is 2.74. The molecule has 0 saturated carbocycles. The first-order chi connectivity index (χ1) is 8.16. The average Bonchev–Trinajstić information content (AvgIpc) is 2.54. The number of nitrogens with zero attached hydrogens (tertiary/aromatic N) is 1. The Morgan fingerprint density at radius 2 is 2.00 bits per heavy atom. The van der Waals surface area contributed by atoms with Crippen LogP contribution in [-0.2, 0) is 4.79 Å². The smallest absolute Gasteiger partial charge is 0.335 e. The quantitative estimate of drug-likeness (QED) is 0.790. The monoisotopic (exact) mass is 234 g/mol. The van der Waals surface area contributed by atoms with Crippen molar-refractivity contribution in [3.63, 3.8) is 0 Å². The third kappa shape index (κ3) is 2.75. The van der Waals surface area contributed by atoms with Gasteiger partial charge in [-0.1, -0.05) is 0 Å². The number of carbonyl (C=O) groups is 2. The number of hydrogen-bond donors (Lipinski definition) is 2. The SMILES string of the molecule is O=C1CN(c2ccc(C(=O)O)cc2)CCCN1. The molecule has 1 heterocycles. The van der Waals surface area contributed by atoms with Gasteiger partial charge in [-0.2, -0.15) is 0 Å². The van der Waals surface area contributed by atoms with Crippen LogP contribution in [0.5, 0.6) is 0 Å². The molecule has 0 radical (unpaired) electrons. The Kier molecular flexibility index (Phi) is 3.27. The van der Waals surface area contributed by atoms with Gasteiger partial charge < -0.3 is 15.3 Å². The van der Waals surface area contributed by atoms with Crippen LogP contribution in [0.2, 0.25) is 0 Å². The van der Waals surface area contributed by atoms with Crippen LogP contribution in [0.15, 0.2) is 24.3 Å². The Balaban J connectivity index is 2.15. The van der Waals surface area contributed by atoms with Crippen molar-refractivity contribution in [2.45, 2.75) is 6.42 Å². The summed E-state index contributed by atoms with van der Waals surface area (Å²) in [6.07, 6.45) is 0.895. The zero-order chi connectivity index (χ0) is 12.3. The van der Waals surface area contributed by atoms with E-state index in [4.69, 9.17) is 5.11 Å².